The Morgan fingerprint density at radius 3 is 2.43 bits per heavy atom. The Balaban J connectivity index is 0.000000195. The molecule has 1 saturated heterocycles. The first-order chi connectivity index (χ1) is 18.2. The number of allylic oxidation sites excluding steroid dienone is 1. The van der Waals surface area contributed by atoms with Gasteiger partial charge in [0.15, 0.2) is 0 Å². The number of fused-ring (bicyclic) bond motifs is 1. The highest BCUT2D eigenvalue weighted by Crippen LogP contribution is 2.30. The second kappa shape index (κ2) is 12.0. The maximum atomic E-state index is 11.3. The van der Waals surface area contributed by atoms with E-state index >= 15 is 0 Å². The SMILES string of the molecule is C/C(=C\c1ccc(CN2CCOCC2)cc1)c1n[nH]c2ccccc12.O=C(Nc1ccccc1)C1CC1. The minimum absolute atomic E-state index is 0.168. The van der Waals surface area contributed by atoms with Crippen LogP contribution in [0.1, 0.15) is 36.6 Å². The quantitative estimate of drug-likeness (QED) is 0.345. The summed E-state index contributed by atoms with van der Waals surface area (Å²) in [4.78, 5) is 13.7. The van der Waals surface area contributed by atoms with Crippen LogP contribution >= 0.6 is 0 Å². The van der Waals surface area contributed by atoms with Crippen LogP contribution in [-0.2, 0) is 16.1 Å². The molecule has 1 saturated carbocycles. The number of ether oxygens (including phenoxy) is 1. The fraction of sp³-hybridized carbons (Fsp3) is 0.290. The van der Waals surface area contributed by atoms with E-state index < -0.39 is 0 Å². The Bertz CT molecular complexity index is 1330. The summed E-state index contributed by atoms with van der Waals surface area (Å²) in [5.74, 6) is 0.450. The van der Waals surface area contributed by atoms with E-state index in [9.17, 15) is 4.79 Å². The van der Waals surface area contributed by atoms with Gasteiger partial charge < -0.3 is 10.1 Å². The van der Waals surface area contributed by atoms with Crippen molar-refractivity contribution in [1.29, 1.82) is 0 Å². The Hall–Kier alpha value is -3.74. The van der Waals surface area contributed by atoms with Crippen LogP contribution in [0.5, 0.6) is 0 Å². The number of aromatic amines is 1. The molecule has 6 rings (SSSR count). The summed E-state index contributed by atoms with van der Waals surface area (Å²) >= 11 is 0. The summed E-state index contributed by atoms with van der Waals surface area (Å²) in [7, 11) is 0. The second-order valence-electron chi connectivity index (χ2n) is 9.70. The number of carbonyl (C=O) groups is 1. The topological polar surface area (TPSA) is 70.2 Å². The molecule has 2 heterocycles. The summed E-state index contributed by atoms with van der Waals surface area (Å²) in [6, 6.07) is 26.6. The van der Waals surface area contributed by atoms with Gasteiger partial charge in [-0.05, 0) is 60.7 Å². The van der Waals surface area contributed by atoms with Crippen LogP contribution in [-0.4, -0.2) is 47.3 Å². The van der Waals surface area contributed by atoms with Crippen LogP contribution in [0.15, 0.2) is 78.9 Å². The molecule has 37 heavy (non-hydrogen) atoms. The van der Waals surface area contributed by atoms with Gasteiger partial charge in [-0.1, -0.05) is 60.7 Å². The van der Waals surface area contributed by atoms with Gasteiger partial charge in [-0.2, -0.15) is 5.10 Å². The molecule has 2 N–H and O–H groups in total. The molecular formula is C31H34N4O2. The Morgan fingerprint density at radius 2 is 1.70 bits per heavy atom. The number of para-hydroxylation sites is 2. The molecule has 0 spiro atoms. The predicted molar refractivity (Wildman–Crippen MR) is 150 cm³/mol. The summed E-state index contributed by atoms with van der Waals surface area (Å²) < 4.78 is 5.41. The first-order valence-corrected chi connectivity index (χ1v) is 13.0. The van der Waals surface area contributed by atoms with Crippen molar-refractivity contribution in [2.75, 3.05) is 31.6 Å². The van der Waals surface area contributed by atoms with Crippen LogP contribution in [0.25, 0.3) is 22.6 Å². The lowest BCUT2D eigenvalue weighted by molar-refractivity contribution is -0.117. The number of aromatic nitrogens is 2. The minimum atomic E-state index is 0.168. The molecule has 6 nitrogen and oxygen atoms in total. The van der Waals surface area contributed by atoms with Gasteiger partial charge >= 0.3 is 0 Å². The van der Waals surface area contributed by atoms with Gasteiger partial charge in [0, 0.05) is 36.6 Å². The van der Waals surface area contributed by atoms with Gasteiger partial charge in [-0.15, -0.1) is 0 Å². The number of morpholine rings is 1. The fourth-order valence-corrected chi connectivity index (χ4v) is 4.43. The molecular weight excluding hydrogens is 460 g/mol. The molecule has 1 amide bonds. The number of rotatable bonds is 6. The molecule has 0 bridgehead atoms. The minimum Gasteiger partial charge on any atom is -0.379 e. The number of hydrogen-bond acceptors (Lipinski definition) is 4. The summed E-state index contributed by atoms with van der Waals surface area (Å²) in [6.07, 6.45) is 4.30. The Kier molecular flexibility index (Phi) is 8.08. The molecule has 1 aliphatic carbocycles. The van der Waals surface area contributed by atoms with E-state index in [0.29, 0.717) is 0 Å². The van der Waals surface area contributed by atoms with Crippen LogP contribution in [0.2, 0.25) is 0 Å². The highest BCUT2D eigenvalue weighted by Gasteiger charge is 2.29. The lowest BCUT2D eigenvalue weighted by atomic mass is 10.0. The zero-order valence-corrected chi connectivity index (χ0v) is 21.3. The number of nitrogens with zero attached hydrogens (tertiary/aromatic N) is 2. The zero-order valence-electron chi connectivity index (χ0n) is 21.3. The van der Waals surface area contributed by atoms with E-state index in [2.05, 4.69) is 75.9 Å². The van der Waals surface area contributed by atoms with Gasteiger partial charge in [0.05, 0.1) is 24.4 Å². The summed E-state index contributed by atoms with van der Waals surface area (Å²) in [5, 5.41) is 11.6. The van der Waals surface area contributed by atoms with Crippen molar-refractivity contribution in [3.8, 4) is 0 Å². The van der Waals surface area contributed by atoms with E-state index in [1.165, 1.54) is 22.1 Å². The Labute approximate surface area is 218 Å². The van der Waals surface area contributed by atoms with Crippen molar-refractivity contribution >= 4 is 34.1 Å². The molecule has 3 aromatic carbocycles. The smallest absolute Gasteiger partial charge is 0.227 e. The van der Waals surface area contributed by atoms with Gasteiger partial charge in [0.25, 0.3) is 0 Å². The van der Waals surface area contributed by atoms with E-state index in [1.54, 1.807) is 0 Å². The molecule has 190 valence electrons. The van der Waals surface area contributed by atoms with Crippen molar-refractivity contribution in [3.63, 3.8) is 0 Å². The standard InChI is InChI=1S/C21H23N3O.C10H11NO/c1-16(21-19-4-2-3-5-20(19)22-23-21)14-17-6-8-18(9-7-17)15-24-10-12-25-13-11-24;12-10(8-6-7-8)11-9-4-2-1-3-5-9/h2-9,14H,10-13,15H2,1H3,(H,22,23);1-5,8H,6-7H2,(H,11,12)/b16-14+;. The van der Waals surface area contributed by atoms with Crippen LogP contribution in [0.4, 0.5) is 5.69 Å². The third-order valence-corrected chi connectivity index (χ3v) is 6.71. The molecule has 4 aromatic rings. The molecule has 2 aliphatic rings. The predicted octanol–water partition coefficient (Wildman–Crippen LogP) is 5.99. The Morgan fingerprint density at radius 1 is 1.00 bits per heavy atom. The first kappa shape index (κ1) is 24.9. The monoisotopic (exact) mass is 494 g/mol. The van der Waals surface area contributed by atoms with Gasteiger partial charge in [-0.25, -0.2) is 0 Å². The number of nitrogens with one attached hydrogen (secondary N) is 2. The molecule has 2 fully saturated rings. The average Bonchev–Trinajstić information content (AvgIpc) is 3.70. The highest BCUT2D eigenvalue weighted by molar-refractivity contribution is 5.94. The zero-order chi connectivity index (χ0) is 25.5. The number of amides is 1. The van der Waals surface area contributed by atoms with Crippen molar-refractivity contribution in [1.82, 2.24) is 15.1 Å². The van der Waals surface area contributed by atoms with Crippen LogP contribution < -0.4 is 5.32 Å². The number of anilines is 1. The number of carbonyl (C=O) groups excluding carboxylic acids is 1. The fourth-order valence-electron chi connectivity index (χ4n) is 4.43. The number of benzene rings is 3. The largest absolute Gasteiger partial charge is 0.379 e. The van der Waals surface area contributed by atoms with Gasteiger partial charge in [0.2, 0.25) is 5.91 Å². The average molecular weight is 495 g/mol. The molecule has 0 atom stereocenters. The summed E-state index contributed by atoms with van der Waals surface area (Å²) in [5.41, 5.74) is 6.71. The highest BCUT2D eigenvalue weighted by atomic mass is 16.5. The maximum absolute atomic E-state index is 11.3. The van der Waals surface area contributed by atoms with E-state index in [4.69, 9.17) is 4.74 Å². The molecule has 0 radical (unpaired) electrons. The summed E-state index contributed by atoms with van der Waals surface area (Å²) in [6.45, 7) is 6.84. The van der Waals surface area contributed by atoms with Crippen molar-refractivity contribution < 1.29 is 9.53 Å². The van der Waals surface area contributed by atoms with E-state index in [1.807, 2.05) is 36.4 Å². The molecule has 1 aromatic heterocycles. The van der Waals surface area contributed by atoms with Crippen LogP contribution in [0.3, 0.4) is 0 Å². The molecule has 6 heteroatoms. The number of H-pyrrole nitrogens is 1. The van der Waals surface area contributed by atoms with Crippen LogP contribution in [0, 0.1) is 5.92 Å². The van der Waals surface area contributed by atoms with Gasteiger partial charge in [-0.3, -0.25) is 14.8 Å². The van der Waals surface area contributed by atoms with E-state index in [0.717, 1.165) is 62.6 Å². The van der Waals surface area contributed by atoms with Crippen molar-refractivity contribution in [2.24, 2.45) is 5.92 Å². The first-order valence-electron chi connectivity index (χ1n) is 13.0. The normalized spacial score (nSPS) is 16.2. The lowest BCUT2D eigenvalue weighted by Crippen LogP contribution is -2.35. The third-order valence-electron chi connectivity index (χ3n) is 6.71. The molecule has 0 unspecified atom stereocenters. The maximum Gasteiger partial charge on any atom is 0.227 e. The van der Waals surface area contributed by atoms with Crippen molar-refractivity contribution in [3.05, 3.63) is 95.7 Å². The lowest BCUT2D eigenvalue weighted by Gasteiger charge is -2.26. The second-order valence-corrected chi connectivity index (χ2v) is 9.70. The van der Waals surface area contributed by atoms with Crippen molar-refractivity contribution in [2.45, 2.75) is 26.3 Å². The van der Waals surface area contributed by atoms with E-state index in [-0.39, 0.29) is 11.8 Å². The van der Waals surface area contributed by atoms with Gasteiger partial charge in [0.1, 0.15) is 0 Å². The third kappa shape index (κ3) is 6.94. The molecule has 1 aliphatic heterocycles. The number of hydrogen-bond donors (Lipinski definition) is 2.